The zero-order valence-corrected chi connectivity index (χ0v) is 14.6. The summed E-state index contributed by atoms with van der Waals surface area (Å²) in [6.45, 7) is 3.51. The van der Waals surface area contributed by atoms with Gasteiger partial charge in [-0.05, 0) is 44.6 Å². The molecule has 0 bridgehead atoms. The van der Waals surface area contributed by atoms with Crippen LogP contribution < -0.4 is 4.74 Å². The Bertz CT molecular complexity index is 724. The van der Waals surface area contributed by atoms with E-state index >= 15 is 0 Å². The molecule has 0 unspecified atom stereocenters. The quantitative estimate of drug-likeness (QED) is 0.832. The summed E-state index contributed by atoms with van der Waals surface area (Å²) < 4.78 is 5.64. The molecular weight excluding hydrogens is 322 g/mol. The van der Waals surface area contributed by atoms with Crippen LogP contribution in [-0.4, -0.2) is 33.9 Å². The Morgan fingerprint density at radius 1 is 1.38 bits per heavy atom. The largest absolute Gasteiger partial charge is 0.477 e. The zero-order chi connectivity index (χ0) is 16.5. The maximum absolute atomic E-state index is 12.8. The van der Waals surface area contributed by atoms with Gasteiger partial charge >= 0.3 is 0 Å². The molecule has 126 valence electrons. The van der Waals surface area contributed by atoms with Gasteiger partial charge < -0.3 is 9.64 Å². The molecule has 2 aliphatic rings. The molecule has 2 fully saturated rings. The van der Waals surface area contributed by atoms with Crippen molar-refractivity contribution in [1.82, 2.24) is 14.9 Å². The van der Waals surface area contributed by atoms with E-state index in [9.17, 15) is 4.79 Å². The van der Waals surface area contributed by atoms with Crippen molar-refractivity contribution in [2.45, 2.75) is 38.6 Å². The molecular formula is C18H21N3O2S. The molecule has 0 spiro atoms. The first-order valence-electron chi connectivity index (χ1n) is 8.52. The molecule has 1 amide bonds. The number of thiazole rings is 1. The minimum atomic E-state index is 0.0318. The van der Waals surface area contributed by atoms with Gasteiger partial charge in [0.05, 0.1) is 28.9 Å². The number of hydrogen-bond donors (Lipinski definition) is 0. The van der Waals surface area contributed by atoms with Gasteiger partial charge in [-0.2, -0.15) is 0 Å². The Labute approximate surface area is 145 Å². The summed E-state index contributed by atoms with van der Waals surface area (Å²) >= 11 is 1.64. The van der Waals surface area contributed by atoms with Crippen molar-refractivity contribution in [3.63, 3.8) is 0 Å². The van der Waals surface area contributed by atoms with E-state index in [0.29, 0.717) is 17.4 Å². The lowest BCUT2D eigenvalue weighted by Gasteiger charge is -2.23. The molecule has 0 aromatic carbocycles. The number of amides is 1. The van der Waals surface area contributed by atoms with Gasteiger partial charge in [-0.1, -0.05) is 0 Å². The highest BCUT2D eigenvalue weighted by Crippen LogP contribution is 2.33. The Morgan fingerprint density at radius 2 is 2.25 bits per heavy atom. The number of pyridine rings is 1. The number of aryl methyl sites for hydroxylation is 1. The van der Waals surface area contributed by atoms with Crippen LogP contribution in [0.4, 0.5) is 0 Å². The van der Waals surface area contributed by atoms with E-state index in [0.717, 1.165) is 36.7 Å². The molecule has 5 nitrogen and oxygen atoms in total. The van der Waals surface area contributed by atoms with E-state index < -0.39 is 0 Å². The van der Waals surface area contributed by atoms with Crippen LogP contribution in [0.2, 0.25) is 0 Å². The minimum absolute atomic E-state index is 0.0318. The maximum atomic E-state index is 12.8. The van der Waals surface area contributed by atoms with Crippen molar-refractivity contribution in [2.24, 2.45) is 5.92 Å². The number of ether oxygens (including phenoxy) is 1. The Morgan fingerprint density at radius 3 is 2.92 bits per heavy atom. The van der Waals surface area contributed by atoms with Gasteiger partial charge in [-0.3, -0.25) is 4.79 Å². The van der Waals surface area contributed by atoms with E-state index in [-0.39, 0.29) is 11.9 Å². The molecule has 0 N–H and O–H groups in total. The molecule has 2 aromatic rings. The average Bonchev–Trinajstić information content (AvgIpc) is 3.12. The summed E-state index contributed by atoms with van der Waals surface area (Å²) in [4.78, 5) is 23.6. The number of hydrogen-bond acceptors (Lipinski definition) is 5. The fourth-order valence-electron chi connectivity index (χ4n) is 3.10. The van der Waals surface area contributed by atoms with Gasteiger partial charge in [0, 0.05) is 24.2 Å². The lowest BCUT2D eigenvalue weighted by Crippen LogP contribution is -2.30. The highest BCUT2D eigenvalue weighted by atomic mass is 32.1. The van der Waals surface area contributed by atoms with Crippen LogP contribution in [0.15, 0.2) is 23.7 Å². The van der Waals surface area contributed by atoms with Crippen LogP contribution in [0.3, 0.4) is 0 Å². The van der Waals surface area contributed by atoms with E-state index in [1.165, 1.54) is 12.8 Å². The molecule has 0 radical (unpaired) electrons. The standard InChI is InChI=1S/C18H21N3O2S/c1-12-20-15(11-24-12)16-3-2-8-21(16)18(22)14-6-7-17(19-9-14)23-10-13-4-5-13/h6-7,9,11,13,16H,2-5,8,10H2,1H3/t16-/m1/s1. The first-order chi connectivity index (χ1) is 11.7. The van der Waals surface area contributed by atoms with E-state index in [1.54, 1.807) is 23.6 Å². The van der Waals surface area contributed by atoms with E-state index in [2.05, 4.69) is 15.3 Å². The van der Waals surface area contributed by atoms with Crippen LogP contribution in [0, 0.1) is 12.8 Å². The molecule has 3 heterocycles. The second kappa shape index (κ2) is 6.51. The highest BCUT2D eigenvalue weighted by Gasteiger charge is 2.32. The van der Waals surface area contributed by atoms with Crippen LogP contribution in [0.1, 0.15) is 52.8 Å². The smallest absolute Gasteiger partial charge is 0.255 e. The Hall–Kier alpha value is -1.95. The molecule has 1 saturated carbocycles. The first kappa shape index (κ1) is 15.6. The van der Waals surface area contributed by atoms with Crippen molar-refractivity contribution in [2.75, 3.05) is 13.2 Å². The van der Waals surface area contributed by atoms with Crippen molar-refractivity contribution < 1.29 is 9.53 Å². The van der Waals surface area contributed by atoms with Crippen LogP contribution in [0.25, 0.3) is 0 Å². The van der Waals surface area contributed by atoms with Gasteiger partial charge in [0.1, 0.15) is 0 Å². The van der Waals surface area contributed by atoms with Crippen molar-refractivity contribution >= 4 is 17.2 Å². The number of nitrogens with zero attached hydrogens (tertiary/aromatic N) is 3. The zero-order valence-electron chi connectivity index (χ0n) is 13.8. The van der Waals surface area contributed by atoms with Crippen LogP contribution >= 0.6 is 11.3 Å². The van der Waals surface area contributed by atoms with Gasteiger partial charge in [0.25, 0.3) is 5.91 Å². The van der Waals surface area contributed by atoms with Gasteiger partial charge in [-0.25, -0.2) is 9.97 Å². The summed E-state index contributed by atoms with van der Waals surface area (Å²) in [5.41, 5.74) is 1.63. The number of likely N-dealkylation sites (tertiary alicyclic amines) is 1. The van der Waals surface area contributed by atoms with Crippen molar-refractivity contribution in [3.8, 4) is 5.88 Å². The lowest BCUT2D eigenvalue weighted by molar-refractivity contribution is 0.0732. The third kappa shape index (κ3) is 3.29. The van der Waals surface area contributed by atoms with Crippen molar-refractivity contribution in [3.05, 3.63) is 40.0 Å². The monoisotopic (exact) mass is 343 g/mol. The van der Waals surface area contributed by atoms with E-state index in [1.807, 2.05) is 17.9 Å². The normalized spacial score (nSPS) is 20.4. The van der Waals surface area contributed by atoms with Gasteiger partial charge in [0.15, 0.2) is 0 Å². The van der Waals surface area contributed by atoms with Crippen LogP contribution in [0.5, 0.6) is 5.88 Å². The molecule has 1 saturated heterocycles. The summed E-state index contributed by atoms with van der Waals surface area (Å²) in [6.07, 6.45) is 6.13. The van der Waals surface area contributed by atoms with E-state index in [4.69, 9.17) is 4.74 Å². The summed E-state index contributed by atoms with van der Waals surface area (Å²) in [5, 5.41) is 3.11. The SMILES string of the molecule is Cc1nc([C@H]2CCCN2C(=O)c2ccc(OCC3CC3)nc2)cs1. The fourth-order valence-corrected chi connectivity index (χ4v) is 3.76. The fraction of sp³-hybridized carbons (Fsp3) is 0.500. The number of carbonyl (C=O) groups is 1. The average molecular weight is 343 g/mol. The van der Waals surface area contributed by atoms with Crippen molar-refractivity contribution in [1.29, 1.82) is 0 Å². The second-order valence-corrected chi connectivity index (χ2v) is 7.65. The molecule has 24 heavy (non-hydrogen) atoms. The minimum Gasteiger partial charge on any atom is -0.477 e. The van der Waals surface area contributed by atoms with Crippen LogP contribution in [-0.2, 0) is 0 Å². The molecule has 1 aliphatic carbocycles. The Kier molecular flexibility index (Phi) is 4.22. The number of aromatic nitrogens is 2. The summed E-state index contributed by atoms with van der Waals surface area (Å²) in [7, 11) is 0. The molecule has 1 atom stereocenters. The topological polar surface area (TPSA) is 55.3 Å². The second-order valence-electron chi connectivity index (χ2n) is 6.59. The highest BCUT2D eigenvalue weighted by molar-refractivity contribution is 7.09. The molecule has 4 rings (SSSR count). The maximum Gasteiger partial charge on any atom is 0.255 e. The summed E-state index contributed by atoms with van der Waals surface area (Å²) in [6, 6.07) is 3.71. The number of carbonyl (C=O) groups excluding carboxylic acids is 1. The van der Waals surface area contributed by atoms with Gasteiger partial charge in [0.2, 0.25) is 5.88 Å². The third-order valence-electron chi connectivity index (χ3n) is 4.64. The predicted octanol–water partition coefficient (Wildman–Crippen LogP) is 3.61. The third-order valence-corrected chi connectivity index (χ3v) is 5.43. The lowest BCUT2D eigenvalue weighted by atomic mass is 10.1. The molecule has 2 aromatic heterocycles. The van der Waals surface area contributed by atoms with Gasteiger partial charge in [-0.15, -0.1) is 11.3 Å². The first-order valence-corrected chi connectivity index (χ1v) is 9.40. The summed E-state index contributed by atoms with van der Waals surface area (Å²) in [5.74, 6) is 1.33. The Balaban J connectivity index is 1.45. The number of rotatable bonds is 5. The predicted molar refractivity (Wildman–Crippen MR) is 92.3 cm³/mol. The molecule has 6 heteroatoms. The molecule has 1 aliphatic heterocycles.